The third-order valence-corrected chi connectivity index (χ3v) is 6.33. The molecule has 6 nitrogen and oxygen atoms in total. The first-order valence-corrected chi connectivity index (χ1v) is 12.8. The summed E-state index contributed by atoms with van der Waals surface area (Å²) in [5, 5.41) is 18.8. The van der Waals surface area contributed by atoms with Crippen molar-refractivity contribution in [2.24, 2.45) is 20.4 Å². The Balaban J connectivity index is 0.00000578. The van der Waals surface area contributed by atoms with Crippen molar-refractivity contribution in [2.45, 2.75) is 27.7 Å². The second kappa shape index (κ2) is 16.1. The molecule has 0 bridgehead atoms. The fraction of sp³-hybridized carbons (Fsp3) is 0.333. The van der Waals surface area contributed by atoms with E-state index in [1.807, 2.05) is 92.1 Å². The maximum atomic E-state index is 5.50. The molecule has 34 heavy (non-hydrogen) atoms. The fourth-order valence-electron chi connectivity index (χ4n) is 2.99. The second-order valence-corrected chi connectivity index (χ2v) is 8.86. The molecule has 0 aliphatic heterocycles. The molecule has 0 N–H and O–H groups in total. The van der Waals surface area contributed by atoms with E-state index in [-0.39, 0.29) is 17.1 Å². The molecule has 2 rings (SSSR count). The molecule has 0 unspecified atom stereocenters. The van der Waals surface area contributed by atoms with Gasteiger partial charge in [-0.05, 0) is 62.4 Å². The Bertz CT molecular complexity index is 1000. The Labute approximate surface area is 238 Å². The van der Waals surface area contributed by atoms with E-state index in [9.17, 15) is 0 Å². The van der Waals surface area contributed by atoms with Crippen molar-refractivity contribution in [3.63, 3.8) is 0 Å². The van der Waals surface area contributed by atoms with Crippen molar-refractivity contribution < 1.29 is 17.1 Å². The van der Waals surface area contributed by atoms with E-state index in [1.165, 1.54) is 0 Å². The number of halogens is 1. The van der Waals surface area contributed by atoms with E-state index >= 15 is 0 Å². The predicted molar refractivity (Wildman–Crippen MR) is 154 cm³/mol. The maximum Gasteiger partial charge on any atom is 2.00 e. The molecule has 0 saturated heterocycles. The monoisotopic (exact) mass is 655 g/mol. The molecule has 0 aromatic heterocycles. The van der Waals surface area contributed by atoms with Gasteiger partial charge in [0.1, 0.15) is 11.4 Å². The van der Waals surface area contributed by atoms with Gasteiger partial charge in [0, 0.05) is 51.2 Å². The molecule has 185 valence electrons. The summed E-state index contributed by atoms with van der Waals surface area (Å²) in [4.78, 5) is 3.95. The molecule has 0 spiro atoms. The van der Waals surface area contributed by atoms with Crippen LogP contribution < -0.4 is 0 Å². The molecule has 10 heteroatoms. The molecule has 2 aromatic carbocycles. The molecule has 2 aromatic rings. The van der Waals surface area contributed by atoms with Crippen molar-refractivity contribution in [1.82, 2.24) is 9.80 Å². The van der Waals surface area contributed by atoms with Crippen molar-refractivity contribution in [2.75, 3.05) is 26.2 Å². The molecular formula is C24H29CuIN6S2. The first-order chi connectivity index (χ1) is 15.9. The third kappa shape index (κ3) is 8.88. The summed E-state index contributed by atoms with van der Waals surface area (Å²) in [6, 6.07) is 17.9. The van der Waals surface area contributed by atoms with Gasteiger partial charge in [0.05, 0.1) is 0 Å². The van der Waals surface area contributed by atoms with Crippen molar-refractivity contribution in [3.05, 3.63) is 69.3 Å². The van der Waals surface area contributed by atoms with Crippen LogP contribution in [0.2, 0.25) is 0 Å². The molecule has 0 amide bonds. The van der Waals surface area contributed by atoms with Crippen LogP contribution in [0.15, 0.2) is 75.0 Å². The summed E-state index contributed by atoms with van der Waals surface area (Å²) in [5.41, 5.74) is 2.90. The zero-order chi connectivity index (χ0) is 24.2. The SMILES string of the molecule is CCN(CC)C([S-])=NN=C(C(=NN=C([S-])N(CC)CC)c1ccc(I)cc1)c1ccccc1.[Cu+2]. The van der Waals surface area contributed by atoms with E-state index in [1.54, 1.807) is 0 Å². The van der Waals surface area contributed by atoms with Crippen LogP contribution >= 0.6 is 22.6 Å². The smallest absolute Gasteiger partial charge is 0.741 e. The fourth-order valence-corrected chi connectivity index (χ4v) is 3.95. The van der Waals surface area contributed by atoms with Crippen molar-refractivity contribution >= 4 is 69.6 Å². The average Bonchev–Trinajstić information content (AvgIpc) is 2.84. The quantitative estimate of drug-likeness (QED) is 0.0965. The summed E-state index contributed by atoms with van der Waals surface area (Å²) < 4.78 is 1.12. The summed E-state index contributed by atoms with van der Waals surface area (Å²) in [6.45, 7) is 11.2. The molecule has 0 heterocycles. The molecule has 0 aliphatic rings. The Morgan fingerprint density at radius 3 is 1.41 bits per heavy atom. The summed E-state index contributed by atoms with van der Waals surface area (Å²) in [5.74, 6) is 0. The zero-order valence-corrected chi connectivity index (χ0v) is 24.4. The minimum absolute atomic E-state index is 0. The third-order valence-electron chi connectivity index (χ3n) is 4.93. The standard InChI is InChI=1S/C24H31IN6S2.Cu/c1-5-30(6-2)23(32)28-26-21(18-12-10-9-11-13-18)22(19-14-16-20(25)17-15-19)27-29-24(33)31(7-3)8-4;/h9-17H,5-8H2,1-4H3,(H,28,32)(H,29,33);/q;+2/p-2. The Kier molecular flexibility index (Phi) is 14.5. The van der Waals surface area contributed by atoms with E-state index in [2.05, 4.69) is 43.0 Å². The minimum atomic E-state index is 0. The normalized spacial score (nSPS) is 12.9. The first-order valence-electron chi connectivity index (χ1n) is 10.9. The molecular weight excluding hydrogens is 627 g/mol. The number of rotatable bonds is 9. The van der Waals surface area contributed by atoms with Gasteiger partial charge >= 0.3 is 17.1 Å². The van der Waals surface area contributed by atoms with Crippen molar-refractivity contribution in [3.8, 4) is 0 Å². The van der Waals surface area contributed by atoms with Gasteiger partial charge in [-0.2, -0.15) is 10.2 Å². The van der Waals surface area contributed by atoms with Gasteiger partial charge in [0.15, 0.2) is 0 Å². The van der Waals surface area contributed by atoms with E-state index < -0.39 is 0 Å². The van der Waals surface area contributed by atoms with Crippen LogP contribution in [-0.2, 0) is 42.3 Å². The minimum Gasteiger partial charge on any atom is -0.741 e. The number of amidine groups is 2. The molecule has 0 fully saturated rings. The van der Waals surface area contributed by atoms with Gasteiger partial charge in [-0.3, -0.25) is 0 Å². The Morgan fingerprint density at radius 1 is 0.647 bits per heavy atom. The van der Waals surface area contributed by atoms with Crippen LogP contribution in [0.5, 0.6) is 0 Å². The molecule has 0 aliphatic carbocycles. The van der Waals surface area contributed by atoms with Crippen LogP contribution in [0.25, 0.3) is 0 Å². The molecule has 1 radical (unpaired) electrons. The Hall–Kier alpha value is -1.59. The van der Waals surface area contributed by atoms with E-state index in [0.717, 1.165) is 40.9 Å². The van der Waals surface area contributed by atoms with E-state index in [0.29, 0.717) is 21.8 Å². The molecule has 0 atom stereocenters. The average molecular weight is 656 g/mol. The number of hydrogen-bond acceptors (Lipinski definition) is 6. The van der Waals surface area contributed by atoms with Crippen LogP contribution in [0.1, 0.15) is 38.8 Å². The van der Waals surface area contributed by atoms with Crippen LogP contribution in [0.3, 0.4) is 0 Å². The topological polar surface area (TPSA) is 55.9 Å². The van der Waals surface area contributed by atoms with Crippen molar-refractivity contribution in [1.29, 1.82) is 0 Å². The van der Waals surface area contributed by atoms with Gasteiger partial charge in [-0.15, -0.1) is 10.2 Å². The predicted octanol–water partition coefficient (Wildman–Crippen LogP) is 4.89. The van der Waals surface area contributed by atoms with E-state index in [4.69, 9.17) is 25.3 Å². The van der Waals surface area contributed by atoms with Gasteiger partial charge in [0.25, 0.3) is 0 Å². The summed E-state index contributed by atoms with van der Waals surface area (Å²) >= 11 is 13.3. The molecule has 0 saturated carbocycles. The van der Waals surface area contributed by atoms with Gasteiger partial charge in [0.2, 0.25) is 0 Å². The first kappa shape index (κ1) is 30.4. The van der Waals surface area contributed by atoms with Gasteiger partial charge in [-0.25, -0.2) is 0 Å². The number of nitrogens with zero attached hydrogens (tertiary/aromatic N) is 6. The summed E-state index contributed by atoms with van der Waals surface area (Å²) in [6.07, 6.45) is 0. The van der Waals surface area contributed by atoms with Gasteiger partial charge < -0.3 is 35.1 Å². The van der Waals surface area contributed by atoms with Crippen LogP contribution in [0.4, 0.5) is 0 Å². The van der Waals surface area contributed by atoms with Crippen LogP contribution in [0, 0.1) is 3.57 Å². The van der Waals surface area contributed by atoms with Crippen LogP contribution in [-0.4, -0.2) is 57.7 Å². The second-order valence-electron chi connectivity index (χ2n) is 6.88. The van der Waals surface area contributed by atoms with Gasteiger partial charge in [-0.1, -0.05) is 42.5 Å². The number of benzene rings is 2. The number of hydrogen-bond donors (Lipinski definition) is 0. The zero-order valence-electron chi connectivity index (χ0n) is 19.7. The Morgan fingerprint density at radius 2 is 1.03 bits per heavy atom. The largest absolute Gasteiger partial charge is 2.00 e. The summed E-state index contributed by atoms with van der Waals surface area (Å²) in [7, 11) is 0. The maximum absolute atomic E-state index is 5.50.